The number of amides is 1. The molecule has 0 spiro atoms. The molecule has 1 aromatic heterocycles. The second-order valence-electron chi connectivity index (χ2n) is 5.10. The zero-order chi connectivity index (χ0) is 15.9. The Hall–Kier alpha value is -2.01. The number of hydrogen-bond donors (Lipinski definition) is 1. The molecule has 6 heteroatoms. The largest absolute Gasteiger partial charge is 0.484 e. The van der Waals surface area contributed by atoms with E-state index in [0.29, 0.717) is 17.3 Å². The summed E-state index contributed by atoms with van der Waals surface area (Å²) in [6, 6.07) is 8.96. The van der Waals surface area contributed by atoms with Gasteiger partial charge in [0.15, 0.2) is 6.61 Å². The van der Waals surface area contributed by atoms with E-state index in [9.17, 15) is 4.79 Å². The van der Waals surface area contributed by atoms with Gasteiger partial charge in [-0.25, -0.2) is 0 Å². The standard InChI is InChI=1S/C16H20ClN3O2/c1-12-10-13(2)20(19-12)9-3-8-18-16(21)11-22-15-6-4-14(17)5-7-15/h4-7,10H,3,8-9,11H2,1-2H3,(H,18,21). The van der Waals surface area contributed by atoms with Crippen LogP contribution in [0.3, 0.4) is 0 Å². The molecular weight excluding hydrogens is 302 g/mol. The summed E-state index contributed by atoms with van der Waals surface area (Å²) in [5.41, 5.74) is 2.15. The van der Waals surface area contributed by atoms with Crippen LogP contribution in [0.4, 0.5) is 0 Å². The highest BCUT2D eigenvalue weighted by atomic mass is 35.5. The van der Waals surface area contributed by atoms with Crippen LogP contribution in [0.5, 0.6) is 5.75 Å². The van der Waals surface area contributed by atoms with Crippen molar-refractivity contribution in [3.8, 4) is 5.75 Å². The number of aromatic nitrogens is 2. The van der Waals surface area contributed by atoms with Gasteiger partial charge in [-0.15, -0.1) is 0 Å². The van der Waals surface area contributed by atoms with Crippen molar-refractivity contribution in [2.24, 2.45) is 0 Å². The highest BCUT2D eigenvalue weighted by Gasteiger charge is 2.04. The van der Waals surface area contributed by atoms with E-state index in [1.165, 1.54) is 0 Å². The monoisotopic (exact) mass is 321 g/mol. The second kappa shape index (κ2) is 7.84. The van der Waals surface area contributed by atoms with Gasteiger partial charge in [0.25, 0.3) is 5.91 Å². The van der Waals surface area contributed by atoms with Crippen LogP contribution in [0.25, 0.3) is 0 Å². The van der Waals surface area contributed by atoms with Crippen LogP contribution in [0.15, 0.2) is 30.3 Å². The molecule has 1 heterocycles. The lowest BCUT2D eigenvalue weighted by atomic mass is 10.3. The molecule has 0 aliphatic carbocycles. The molecule has 0 saturated carbocycles. The third kappa shape index (κ3) is 5.07. The predicted octanol–water partition coefficient (Wildman–Crippen LogP) is 2.74. The van der Waals surface area contributed by atoms with E-state index in [4.69, 9.17) is 16.3 Å². The van der Waals surface area contributed by atoms with Crippen LogP contribution >= 0.6 is 11.6 Å². The van der Waals surface area contributed by atoms with Crippen LogP contribution in [-0.2, 0) is 11.3 Å². The average molecular weight is 322 g/mol. The Kier molecular flexibility index (Phi) is 5.83. The Morgan fingerprint density at radius 2 is 2.05 bits per heavy atom. The molecule has 1 N–H and O–H groups in total. The van der Waals surface area contributed by atoms with Gasteiger partial charge in [-0.05, 0) is 50.6 Å². The molecule has 0 aliphatic heterocycles. The van der Waals surface area contributed by atoms with Gasteiger partial charge >= 0.3 is 0 Å². The summed E-state index contributed by atoms with van der Waals surface area (Å²) < 4.78 is 7.32. The zero-order valence-electron chi connectivity index (χ0n) is 12.8. The number of hydrogen-bond acceptors (Lipinski definition) is 3. The Balaban J connectivity index is 1.63. The molecule has 0 aliphatic rings. The zero-order valence-corrected chi connectivity index (χ0v) is 13.6. The van der Waals surface area contributed by atoms with Crippen molar-refractivity contribution in [2.45, 2.75) is 26.8 Å². The number of halogens is 1. The van der Waals surface area contributed by atoms with E-state index in [1.54, 1.807) is 24.3 Å². The minimum absolute atomic E-state index is 0.00153. The molecule has 2 rings (SSSR count). The third-order valence-corrected chi connectivity index (χ3v) is 3.41. The van der Waals surface area contributed by atoms with Crippen molar-refractivity contribution in [2.75, 3.05) is 13.2 Å². The van der Waals surface area contributed by atoms with E-state index < -0.39 is 0 Å². The number of nitrogens with one attached hydrogen (secondary N) is 1. The fourth-order valence-electron chi connectivity index (χ4n) is 2.09. The molecule has 0 unspecified atom stereocenters. The first-order valence-corrected chi connectivity index (χ1v) is 7.58. The highest BCUT2D eigenvalue weighted by Crippen LogP contribution is 2.15. The number of rotatable bonds is 7. The van der Waals surface area contributed by atoms with E-state index in [-0.39, 0.29) is 12.5 Å². The summed E-state index contributed by atoms with van der Waals surface area (Å²) in [6.45, 7) is 5.39. The molecule has 0 fully saturated rings. The molecule has 1 amide bonds. The third-order valence-electron chi connectivity index (χ3n) is 3.16. The molecule has 5 nitrogen and oxygen atoms in total. The SMILES string of the molecule is Cc1cc(C)n(CCCNC(=O)COc2ccc(Cl)cc2)n1. The first-order chi connectivity index (χ1) is 10.5. The number of carbonyl (C=O) groups excluding carboxylic acids is 1. The number of benzene rings is 1. The second-order valence-corrected chi connectivity index (χ2v) is 5.53. The van der Waals surface area contributed by atoms with Crippen LogP contribution in [-0.4, -0.2) is 28.8 Å². The maximum atomic E-state index is 11.7. The van der Waals surface area contributed by atoms with Crippen molar-refractivity contribution in [3.63, 3.8) is 0 Å². The van der Waals surface area contributed by atoms with Crippen molar-refractivity contribution in [1.29, 1.82) is 0 Å². The van der Waals surface area contributed by atoms with Crippen molar-refractivity contribution >= 4 is 17.5 Å². The Labute approximate surface area is 135 Å². The highest BCUT2D eigenvalue weighted by molar-refractivity contribution is 6.30. The van der Waals surface area contributed by atoms with Gasteiger partial charge in [-0.2, -0.15) is 5.10 Å². The predicted molar refractivity (Wildman–Crippen MR) is 86.3 cm³/mol. The van der Waals surface area contributed by atoms with Gasteiger partial charge in [0.1, 0.15) is 5.75 Å². The maximum Gasteiger partial charge on any atom is 0.257 e. The maximum absolute atomic E-state index is 11.7. The van der Waals surface area contributed by atoms with E-state index in [1.807, 2.05) is 24.6 Å². The van der Waals surface area contributed by atoms with Crippen LogP contribution in [0.1, 0.15) is 17.8 Å². The average Bonchev–Trinajstić information content (AvgIpc) is 2.81. The van der Waals surface area contributed by atoms with Gasteiger partial charge in [-0.3, -0.25) is 9.48 Å². The topological polar surface area (TPSA) is 56.2 Å². The summed E-state index contributed by atoms with van der Waals surface area (Å²) in [4.78, 5) is 11.7. The lowest BCUT2D eigenvalue weighted by Gasteiger charge is -2.08. The summed E-state index contributed by atoms with van der Waals surface area (Å²) in [7, 11) is 0. The number of ether oxygens (including phenoxy) is 1. The quantitative estimate of drug-likeness (QED) is 0.798. The molecule has 0 saturated heterocycles. The van der Waals surface area contributed by atoms with Crippen LogP contribution < -0.4 is 10.1 Å². The van der Waals surface area contributed by atoms with Crippen LogP contribution in [0, 0.1) is 13.8 Å². The number of aryl methyl sites for hydroxylation is 3. The van der Waals surface area contributed by atoms with Crippen LogP contribution in [0.2, 0.25) is 5.02 Å². The summed E-state index contributed by atoms with van der Waals surface area (Å²) in [5.74, 6) is 0.491. The molecule has 0 atom stereocenters. The van der Waals surface area contributed by atoms with E-state index in [2.05, 4.69) is 10.4 Å². The molecule has 0 radical (unpaired) electrons. The van der Waals surface area contributed by atoms with Gasteiger partial charge < -0.3 is 10.1 Å². The molecule has 22 heavy (non-hydrogen) atoms. The van der Waals surface area contributed by atoms with Crippen molar-refractivity contribution in [3.05, 3.63) is 46.7 Å². The molecule has 118 valence electrons. The number of carbonyl (C=O) groups is 1. The number of nitrogens with zero attached hydrogens (tertiary/aromatic N) is 2. The minimum atomic E-state index is -0.136. The van der Waals surface area contributed by atoms with Gasteiger partial charge in [0.2, 0.25) is 0 Å². The summed E-state index contributed by atoms with van der Waals surface area (Å²) in [6.07, 6.45) is 0.828. The summed E-state index contributed by atoms with van der Waals surface area (Å²) in [5, 5.41) is 7.85. The summed E-state index contributed by atoms with van der Waals surface area (Å²) >= 11 is 5.78. The van der Waals surface area contributed by atoms with E-state index in [0.717, 1.165) is 24.4 Å². The Bertz CT molecular complexity index is 623. The Morgan fingerprint density at radius 3 is 2.68 bits per heavy atom. The molecule has 0 bridgehead atoms. The smallest absolute Gasteiger partial charge is 0.257 e. The molecule has 2 aromatic rings. The van der Waals surface area contributed by atoms with Gasteiger partial charge in [0, 0.05) is 23.8 Å². The minimum Gasteiger partial charge on any atom is -0.484 e. The fraction of sp³-hybridized carbons (Fsp3) is 0.375. The van der Waals surface area contributed by atoms with Gasteiger partial charge in [0.05, 0.1) is 5.69 Å². The van der Waals surface area contributed by atoms with Gasteiger partial charge in [-0.1, -0.05) is 11.6 Å². The first-order valence-electron chi connectivity index (χ1n) is 7.21. The van der Waals surface area contributed by atoms with Crippen molar-refractivity contribution in [1.82, 2.24) is 15.1 Å². The fourth-order valence-corrected chi connectivity index (χ4v) is 2.21. The first kappa shape index (κ1) is 16.4. The van der Waals surface area contributed by atoms with E-state index >= 15 is 0 Å². The molecular formula is C16H20ClN3O2. The lowest BCUT2D eigenvalue weighted by Crippen LogP contribution is -2.30. The normalized spacial score (nSPS) is 10.5. The Morgan fingerprint density at radius 1 is 1.32 bits per heavy atom. The van der Waals surface area contributed by atoms with Crippen molar-refractivity contribution < 1.29 is 9.53 Å². The lowest BCUT2D eigenvalue weighted by molar-refractivity contribution is -0.123. The molecule has 1 aromatic carbocycles.